The molecule has 1 aromatic heterocycles. The van der Waals surface area contributed by atoms with E-state index in [1.807, 2.05) is 6.92 Å². The van der Waals surface area contributed by atoms with Crippen molar-refractivity contribution in [2.24, 2.45) is 5.41 Å². The molecule has 0 amide bonds. The van der Waals surface area contributed by atoms with E-state index >= 15 is 0 Å². The van der Waals surface area contributed by atoms with Gasteiger partial charge in [0.25, 0.3) is 0 Å². The number of rotatable bonds is 3. The highest BCUT2D eigenvalue weighted by Crippen LogP contribution is 2.35. The van der Waals surface area contributed by atoms with Gasteiger partial charge in [0.2, 0.25) is 0 Å². The molecule has 0 N–H and O–H groups in total. The zero-order valence-electron chi connectivity index (χ0n) is 9.92. The van der Waals surface area contributed by atoms with E-state index in [1.165, 1.54) is 6.07 Å². The quantitative estimate of drug-likeness (QED) is 0.775. The van der Waals surface area contributed by atoms with E-state index in [0.29, 0.717) is 22.7 Å². The molecule has 1 rings (SSSR count). The predicted molar refractivity (Wildman–Crippen MR) is 65.9 cm³/mol. The summed E-state index contributed by atoms with van der Waals surface area (Å²) in [4.78, 5) is 8.33. The molecule has 0 saturated carbocycles. The minimum absolute atomic E-state index is 0.107. The van der Waals surface area contributed by atoms with Gasteiger partial charge in [-0.25, -0.2) is 9.97 Å². The predicted octanol–water partition coefficient (Wildman–Crippen LogP) is 3.91. The van der Waals surface area contributed by atoms with E-state index in [9.17, 15) is 0 Å². The summed E-state index contributed by atoms with van der Waals surface area (Å²) in [5, 5.41) is 0.674. The van der Waals surface area contributed by atoms with Gasteiger partial charge < -0.3 is 4.74 Å². The largest absolute Gasteiger partial charge is 0.370 e. The van der Waals surface area contributed by atoms with E-state index in [2.05, 4.69) is 30.7 Å². The fourth-order valence-corrected chi connectivity index (χ4v) is 1.84. The van der Waals surface area contributed by atoms with Gasteiger partial charge in [-0.15, -0.1) is 0 Å². The zero-order chi connectivity index (χ0) is 12.3. The first-order valence-corrected chi connectivity index (χ1v) is 5.91. The van der Waals surface area contributed by atoms with Crippen LogP contribution in [0.4, 0.5) is 0 Å². The summed E-state index contributed by atoms with van der Waals surface area (Å²) in [6.45, 7) is 8.71. The average molecular weight is 263 g/mol. The second-order valence-electron chi connectivity index (χ2n) is 4.57. The van der Waals surface area contributed by atoms with Crippen molar-refractivity contribution in [1.29, 1.82) is 0 Å². The molecule has 16 heavy (non-hydrogen) atoms. The second-order valence-corrected chi connectivity index (χ2v) is 5.35. The summed E-state index contributed by atoms with van der Waals surface area (Å²) < 4.78 is 5.66. The van der Waals surface area contributed by atoms with Crippen LogP contribution in [0.5, 0.6) is 0 Å². The molecule has 1 aromatic rings. The second kappa shape index (κ2) is 5.30. The standard InChI is InChI=1S/C11H16Cl2N2O/c1-5-16-9(11(2,3)4)10-14-7(12)6-8(13)15-10/h6,9H,5H2,1-4H3. The van der Waals surface area contributed by atoms with Crippen LogP contribution in [0.2, 0.25) is 10.3 Å². The minimum Gasteiger partial charge on any atom is -0.370 e. The Bertz CT molecular complexity index is 343. The van der Waals surface area contributed by atoms with Crippen molar-refractivity contribution < 1.29 is 4.74 Å². The van der Waals surface area contributed by atoms with Crippen LogP contribution in [0.1, 0.15) is 39.6 Å². The van der Waals surface area contributed by atoms with Crippen LogP contribution >= 0.6 is 23.2 Å². The molecule has 0 aliphatic rings. The minimum atomic E-state index is -0.214. The van der Waals surface area contributed by atoms with Gasteiger partial charge in [-0.1, -0.05) is 44.0 Å². The number of nitrogens with zero attached hydrogens (tertiary/aromatic N) is 2. The Morgan fingerprint density at radius 2 is 1.75 bits per heavy atom. The van der Waals surface area contributed by atoms with Crippen molar-refractivity contribution in [2.45, 2.75) is 33.8 Å². The first-order valence-electron chi connectivity index (χ1n) is 5.16. The van der Waals surface area contributed by atoms with Crippen molar-refractivity contribution in [1.82, 2.24) is 9.97 Å². The molecule has 0 bridgehead atoms. The SMILES string of the molecule is CCOC(c1nc(Cl)cc(Cl)n1)C(C)(C)C. The first kappa shape index (κ1) is 13.7. The Hall–Kier alpha value is -0.380. The van der Waals surface area contributed by atoms with Gasteiger partial charge in [-0.05, 0) is 12.3 Å². The molecule has 0 fully saturated rings. The summed E-state index contributed by atoms with van der Waals surface area (Å²) in [6.07, 6.45) is -0.214. The van der Waals surface area contributed by atoms with Crippen LogP contribution in [0.3, 0.4) is 0 Å². The van der Waals surface area contributed by atoms with Gasteiger partial charge in [-0.2, -0.15) is 0 Å². The number of ether oxygens (including phenoxy) is 1. The smallest absolute Gasteiger partial charge is 0.161 e. The van der Waals surface area contributed by atoms with Crippen LogP contribution in [0.15, 0.2) is 6.07 Å². The Morgan fingerprint density at radius 1 is 1.25 bits per heavy atom. The van der Waals surface area contributed by atoms with Crippen molar-refractivity contribution in [3.05, 3.63) is 22.2 Å². The molecule has 0 aromatic carbocycles. The van der Waals surface area contributed by atoms with Gasteiger partial charge >= 0.3 is 0 Å². The van der Waals surface area contributed by atoms with Gasteiger partial charge in [0, 0.05) is 12.7 Å². The number of hydrogen-bond donors (Lipinski definition) is 0. The van der Waals surface area contributed by atoms with Gasteiger partial charge in [-0.3, -0.25) is 0 Å². The van der Waals surface area contributed by atoms with Gasteiger partial charge in [0.1, 0.15) is 16.4 Å². The molecular formula is C11H16Cl2N2O. The lowest BCUT2D eigenvalue weighted by molar-refractivity contribution is -0.0191. The molecule has 0 aliphatic heterocycles. The third-order valence-corrected chi connectivity index (χ3v) is 2.42. The van der Waals surface area contributed by atoms with Crippen LogP contribution in [0.25, 0.3) is 0 Å². The summed E-state index contributed by atoms with van der Waals surface area (Å²) >= 11 is 11.7. The van der Waals surface area contributed by atoms with Crippen molar-refractivity contribution in [3.8, 4) is 0 Å². The molecule has 90 valence electrons. The molecule has 3 nitrogen and oxygen atoms in total. The molecule has 0 spiro atoms. The molecule has 0 radical (unpaired) electrons. The van der Waals surface area contributed by atoms with Gasteiger partial charge in [0.15, 0.2) is 5.82 Å². The number of aromatic nitrogens is 2. The Labute approximate surface area is 106 Å². The zero-order valence-corrected chi connectivity index (χ0v) is 11.4. The first-order chi connectivity index (χ1) is 7.34. The molecule has 0 saturated heterocycles. The number of halogens is 2. The van der Waals surface area contributed by atoms with Gasteiger partial charge in [0.05, 0.1) is 0 Å². The molecule has 1 heterocycles. The highest BCUT2D eigenvalue weighted by atomic mass is 35.5. The summed E-state index contributed by atoms with van der Waals surface area (Å²) in [7, 11) is 0. The third-order valence-electron chi connectivity index (χ3n) is 2.04. The molecule has 1 unspecified atom stereocenters. The Kier molecular flexibility index (Phi) is 4.53. The van der Waals surface area contributed by atoms with Crippen molar-refractivity contribution in [2.75, 3.05) is 6.61 Å². The lowest BCUT2D eigenvalue weighted by atomic mass is 9.88. The third kappa shape index (κ3) is 3.58. The number of hydrogen-bond acceptors (Lipinski definition) is 3. The van der Waals surface area contributed by atoms with E-state index in [0.717, 1.165) is 0 Å². The highest BCUT2D eigenvalue weighted by molar-refractivity contribution is 6.33. The van der Waals surface area contributed by atoms with E-state index in [4.69, 9.17) is 27.9 Å². The monoisotopic (exact) mass is 262 g/mol. The molecular weight excluding hydrogens is 247 g/mol. The van der Waals surface area contributed by atoms with Crippen molar-refractivity contribution >= 4 is 23.2 Å². The van der Waals surface area contributed by atoms with Crippen LogP contribution < -0.4 is 0 Å². The lowest BCUT2D eigenvalue weighted by Gasteiger charge is -2.29. The summed E-state index contributed by atoms with van der Waals surface area (Å²) in [5.74, 6) is 0.534. The summed E-state index contributed by atoms with van der Waals surface area (Å²) in [5.41, 5.74) is -0.107. The molecule has 5 heteroatoms. The maximum Gasteiger partial charge on any atom is 0.161 e. The van der Waals surface area contributed by atoms with E-state index in [1.54, 1.807) is 0 Å². The maximum absolute atomic E-state index is 5.85. The fourth-order valence-electron chi connectivity index (χ4n) is 1.40. The molecule has 0 aliphatic carbocycles. The van der Waals surface area contributed by atoms with Crippen molar-refractivity contribution in [3.63, 3.8) is 0 Å². The summed E-state index contributed by atoms with van der Waals surface area (Å²) in [6, 6.07) is 1.51. The average Bonchev–Trinajstić information content (AvgIpc) is 2.10. The highest BCUT2D eigenvalue weighted by Gasteiger charge is 2.29. The van der Waals surface area contributed by atoms with Crippen LogP contribution in [-0.2, 0) is 4.74 Å². The normalized spacial score (nSPS) is 13.9. The fraction of sp³-hybridized carbons (Fsp3) is 0.636. The Balaban J connectivity index is 3.10. The maximum atomic E-state index is 5.85. The van der Waals surface area contributed by atoms with Crippen LogP contribution in [0, 0.1) is 5.41 Å². The molecule has 1 atom stereocenters. The van der Waals surface area contributed by atoms with E-state index < -0.39 is 0 Å². The van der Waals surface area contributed by atoms with Crippen LogP contribution in [-0.4, -0.2) is 16.6 Å². The Morgan fingerprint density at radius 3 is 2.12 bits per heavy atom. The lowest BCUT2D eigenvalue weighted by Crippen LogP contribution is -2.23. The van der Waals surface area contributed by atoms with E-state index in [-0.39, 0.29) is 11.5 Å². The topological polar surface area (TPSA) is 35.0 Å².